The number of fused-ring (bicyclic) bond motifs is 1. The van der Waals surface area contributed by atoms with Gasteiger partial charge >= 0.3 is 0 Å². The summed E-state index contributed by atoms with van der Waals surface area (Å²) in [4.78, 5) is 12.1. The molecule has 0 saturated heterocycles. The van der Waals surface area contributed by atoms with E-state index in [2.05, 4.69) is 22.4 Å². The summed E-state index contributed by atoms with van der Waals surface area (Å²) in [5.41, 5.74) is 7.29. The van der Waals surface area contributed by atoms with Gasteiger partial charge in [-0.15, -0.1) is 0 Å². The van der Waals surface area contributed by atoms with E-state index in [1.165, 1.54) is 0 Å². The Labute approximate surface area is 125 Å². The van der Waals surface area contributed by atoms with E-state index in [0.717, 1.165) is 42.3 Å². The Bertz CT molecular complexity index is 572. The second-order valence-corrected chi connectivity index (χ2v) is 5.46. The highest BCUT2D eigenvalue weighted by atomic mass is 16.1. The van der Waals surface area contributed by atoms with Crippen LogP contribution in [-0.4, -0.2) is 22.6 Å². The number of benzene rings is 1. The molecule has 0 aliphatic heterocycles. The fourth-order valence-corrected chi connectivity index (χ4v) is 2.70. The Morgan fingerprint density at radius 3 is 3.00 bits per heavy atom. The van der Waals surface area contributed by atoms with Crippen LogP contribution in [0.4, 0.5) is 5.69 Å². The SMILES string of the molecule is CCCC(CCN)CCC(=O)Nc1cccc2cn[nH]c12. The first-order valence-corrected chi connectivity index (χ1v) is 7.66. The lowest BCUT2D eigenvalue weighted by Gasteiger charge is -2.14. The molecule has 1 aromatic carbocycles. The predicted octanol–water partition coefficient (Wildman–Crippen LogP) is 3.05. The zero-order valence-corrected chi connectivity index (χ0v) is 12.6. The Morgan fingerprint density at radius 2 is 2.24 bits per heavy atom. The third-order valence-corrected chi connectivity index (χ3v) is 3.80. The fraction of sp³-hybridized carbons (Fsp3) is 0.500. The van der Waals surface area contributed by atoms with E-state index in [-0.39, 0.29) is 5.91 Å². The van der Waals surface area contributed by atoms with Crippen molar-refractivity contribution in [3.63, 3.8) is 0 Å². The largest absolute Gasteiger partial charge is 0.330 e. The van der Waals surface area contributed by atoms with Crippen molar-refractivity contribution in [2.24, 2.45) is 11.7 Å². The average Bonchev–Trinajstić information content (AvgIpc) is 2.95. The van der Waals surface area contributed by atoms with E-state index in [4.69, 9.17) is 5.73 Å². The first-order chi connectivity index (χ1) is 10.2. The Hall–Kier alpha value is -1.88. The van der Waals surface area contributed by atoms with E-state index in [9.17, 15) is 4.79 Å². The first-order valence-electron chi connectivity index (χ1n) is 7.66. The normalized spacial score (nSPS) is 12.5. The molecule has 1 atom stereocenters. The van der Waals surface area contributed by atoms with Crippen LogP contribution < -0.4 is 11.1 Å². The number of nitrogens with two attached hydrogens (primary N) is 1. The van der Waals surface area contributed by atoms with Gasteiger partial charge in [0.25, 0.3) is 0 Å². The maximum atomic E-state index is 12.1. The zero-order valence-electron chi connectivity index (χ0n) is 12.6. The van der Waals surface area contributed by atoms with E-state index < -0.39 is 0 Å². The van der Waals surface area contributed by atoms with Gasteiger partial charge in [0.05, 0.1) is 17.4 Å². The first kappa shape index (κ1) is 15.5. The molecule has 0 radical (unpaired) electrons. The van der Waals surface area contributed by atoms with E-state index in [1.807, 2.05) is 18.2 Å². The highest BCUT2D eigenvalue weighted by Gasteiger charge is 2.11. The molecule has 1 unspecified atom stereocenters. The van der Waals surface area contributed by atoms with E-state index in [0.29, 0.717) is 18.9 Å². The van der Waals surface area contributed by atoms with E-state index >= 15 is 0 Å². The molecule has 4 N–H and O–H groups in total. The molecule has 0 bridgehead atoms. The minimum Gasteiger partial charge on any atom is -0.330 e. The van der Waals surface area contributed by atoms with Crippen LogP contribution in [0.3, 0.4) is 0 Å². The van der Waals surface area contributed by atoms with Gasteiger partial charge in [0.15, 0.2) is 0 Å². The number of nitrogens with one attached hydrogen (secondary N) is 2. The van der Waals surface area contributed by atoms with Crippen molar-refractivity contribution in [3.05, 3.63) is 24.4 Å². The smallest absolute Gasteiger partial charge is 0.224 e. The number of carbonyl (C=O) groups is 1. The molecule has 1 aromatic heterocycles. The lowest BCUT2D eigenvalue weighted by atomic mass is 9.94. The van der Waals surface area contributed by atoms with Gasteiger partial charge in [-0.05, 0) is 31.4 Å². The van der Waals surface area contributed by atoms with Crippen LogP contribution in [0.5, 0.6) is 0 Å². The molecule has 0 fully saturated rings. The fourth-order valence-electron chi connectivity index (χ4n) is 2.70. The molecule has 2 aromatic rings. The summed E-state index contributed by atoms with van der Waals surface area (Å²) >= 11 is 0. The minimum atomic E-state index is 0.0511. The molecule has 0 spiro atoms. The topological polar surface area (TPSA) is 83.8 Å². The summed E-state index contributed by atoms with van der Waals surface area (Å²) in [7, 11) is 0. The maximum Gasteiger partial charge on any atom is 0.224 e. The number of H-pyrrole nitrogens is 1. The molecule has 114 valence electrons. The molecule has 2 rings (SSSR count). The Morgan fingerprint density at radius 1 is 1.38 bits per heavy atom. The van der Waals surface area contributed by atoms with Crippen LogP contribution in [0.25, 0.3) is 10.9 Å². The van der Waals surface area contributed by atoms with Gasteiger partial charge in [0.2, 0.25) is 5.91 Å². The van der Waals surface area contributed by atoms with Crippen LogP contribution in [0.2, 0.25) is 0 Å². The lowest BCUT2D eigenvalue weighted by molar-refractivity contribution is -0.116. The number of aromatic nitrogens is 2. The molecule has 5 nitrogen and oxygen atoms in total. The number of amides is 1. The third-order valence-electron chi connectivity index (χ3n) is 3.80. The minimum absolute atomic E-state index is 0.0511. The number of rotatable bonds is 8. The van der Waals surface area contributed by atoms with Crippen molar-refractivity contribution in [3.8, 4) is 0 Å². The molecule has 0 aliphatic carbocycles. The molecule has 0 saturated carbocycles. The average molecular weight is 288 g/mol. The summed E-state index contributed by atoms with van der Waals surface area (Å²) < 4.78 is 0. The molecule has 5 heteroatoms. The van der Waals surface area contributed by atoms with Crippen LogP contribution in [0.1, 0.15) is 39.0 Å². The standard InChI is InChI=1S/C16H24N4O/c1-2-4-12(9-10-17)7-8-15(21)19-14-6-3-5-13-11-18-20-16(13)14/h3,5-6,11-12H,2,4,7-10,17H2,1H3,(H,18,20)(H,19,21). The van der Waals surface area contributed by atoms with Gasteiger partial charge in [-0.3, -0.25) is 9.89 Å². The Kier molecular flexibility index (Phi) is 5.75. The molecule has 0 aliphatic rings. The number of anilines is 1. The lowest BCUT2D eigenvalue weighted by Crippen LogP contribution is -2.15. The number of carbonyl (C=O) groups excluding carboxylic acids is 1. The van der Waals surface area contributed by atoms with Crippen molar-refractivity contribution in [1.82, 2.24) is 10.2 Å². The zero-order chi connectivity index (χ0) is 15.1. The number of aromatic amines is 1. The molecule has 21 heavy (non-hydrogen) atoms. The molecule has 1 amide bonds. The van der Waals surface area contributed by atoms with Gasteiger partial charge in [0, 0.05) is 11.8 Å². The van der Waals surface area contributed by atoms with E-state index in [1.54, 1.807) is 6.20 Å². The van der Waals surface area contributed by atoms with Gasteiger partial charge in [-0.25, -0.2) is 0 Å². The van der Waals surface area contributed by atoms with Crippen molar-refractivity contribution in [2.75, 3.05) is 11.9 Å². The van der Waals surface area contributed by atoms with Gasteiger partial charge < -0.3 is 11.1 Å². The maximum absolute atomic E-state index is 12.1. The summed E-state index contributed by atoms with van der Waals surface area (Å²) in [6, 6.07) is 5.77. The quantitative estimate of drug-likeness (QED) is 0.698. The van der Waals surface area contributed by atoms with Crippen LogP contribution >= 0.6 is 0 Å². The number of hydrogen-bond acceptors (Lipinski definition) is 3. The highest BCUT2D eigenvalue weighted by Crippen LogP contribution is 2.22. The van der Waals surface area contributed by atoms with Gasteiger partial charge in [0.1, 0.15) is 0 Å². The van der Waals surface area contributed by atoms with Crippen molar-refractivity contribution in [2.45, 2.75) is 39.0 Å². The summed E-state index contributed by atoms with van der Waals surface area (Å²) in [5, 5.41) is 10.9. The Balaban J connectivity index is 1.91. The van der Waals surface area contributed by atoms with Crippen LogP contribution in [0.15, 0.2) is 24.4 Å². The number of hydrogen-bond donors (Lipinski definition) is 3. The summed E-state index contributed by atoms with van der Waals surface area (Å²) in [5.74, 6) is 0.601. The summed E-state index contributed by atoms with van der Waals surface area (Å²) in [6.07, 6.45) is 6.46. The molecule has 1 heterocycles. The van der Waals surface area contributed by atoms with Gasteiger partial charge in [-0.2, -0.15) is 5.10 Å². The number of nitrogens with zero attached hydrogens (tertiary/aromatic N) is 1. The second-order valence-electron chi connectivity index (χ2n) is 5.46. The van der Waals surface area contributed by atoms with Crippen molar-refractivity contribution < 1.29 is 4.79 Å². The monoisotopic (exact) mass is 288 g/mol. The number of para-hydroxylation sites is 1. The molecular formula is C16H24N4O. The van der Waals surface area contributed by atoms with Crippen LogP contribution in [-0.2, 0) is 4.79 Å². The summed E-state index contributed by atoms with van der Waals surface area (Å²) in [6.45, 7) is 2.86. The molecular weight excluding hydrogens is 264 g/mol. The highest BCUT2D eigenvalue weighted by molar-refractivity contribution is 6.00. The van der Waals surface area contributed by atoms with Crippen molar-refractivity contribution >= 4 is 22.5 Å². The van der Waals surface area contributed by atoms with Crippen LogP contribution in [0, 0.1) is 5.92 Å². The van der Waals surface area contributed by atoms with Crippen molar-refractivity contribution in [1.29, 1.82) is 0 Å². The third kappa shape index (κ3) is 4.29. The second kappa shape index (κ2) is 7.78. The van der Waals surface area contributed by atoms with Gasteiger partial charge in [-0.1, -0.05) is 31.9 Å². The predicted molar refractivity (Wildman–Crippen MR) is 86.0 cm³/mol.